The van der Waals surface area contributed by atoms with Gasteiger partial charge in [0, 0.05) is 12.1 Å². The molecular weight excluding hydrogens is 378 g/mol. The minimum atomic E-state index is -0.688. The second kappa shape index (κ2) is 8.50. The van der Waals surface area contributed by atoms with E-state index < -0.39 is 17.7 Å². The number of nitrogens with zero attached hydrogens (tertiary/aromatic N) is 1. The lowest BCUT2D eigenvalue weighted by molar-refractivity contribution is -0.140. The van der Waals surface area contributed by atoms with Crippen LogP contribution in [0.25, 0.3) is 5.76 Å². The number of unbranched alkanes of at least 4 members (excludes halogenated alkanes) is 2. The first-order valence-electron chi connectivity index (χ1n) is 11.0. The molecule has 2 aliphatic rings. The summed E-state index contributed by atoms with van der Waals surface area (Å²) >= 11 is 0. The molecule has 0 radical (unpaired) electrons. The van der Waals surface area contributed by atoms with E-state index in [1.54, 1.807) is 11.0 Å². The number of fused-ring (bicyclic) bond motifs is 1. The number of benzene rings is 1. The van der Waals surface area contributed by atoms with E-state index in [2.05, 4.69) is 6.92 Å². The molecule has 1 aliphatic carbocycles. The van der Waals surface area contributed by atoms with Crippen LogP contribution in [0.2, 0.25) is 0 Å². The van der Waals surface area contributed by atoms with E-state index in [1.807, 2.05) is 31.2 Å². The maximum Gasteiger partial charge on any atom is 0.295 e. The van der Waals surface area contributed by atoms with Crippen LogP contribution in [-0.2, 0) is 22.4 Å². The quantitative estimate of drug-likeness (QED) is 0.314. The summed E-state index contributed by atoms with van der Waals surface area (Å²) < 4.78 is 5.82. The Bertz CT molecular complexity index is 1000. The lowest BCUT2D eigenvalue weighted by Gasteiger charge is -2.23. The number of ketones is 1. The number of aliphatic hydroxyl groups is 1. The Morgan fingerprint density at radius 1 is 1.10 bits per heavy atom. The van der Waals surface area contributed by atoms with E-state index in [0.29, 0.717) is 23.6 Å². The number of amides is 1. The molecule has 158 valence electrons. The van der Waals surface area contributed by atoms with E-state index in [1.165, 1.54) is 17.5 Å². The van der Waals surface area contributed by atoms with E-state index in [-0.39, 0.29) is 11.3 Å². The van der Waals surface area contributed by atoms with Gasteiger partial charge in [0.05, 0.1) is 5.57 Å². The number of rotatable bonds is 6. The zero-order valence-corrected chi connectivity index (χ0v) is 17.7. The lowest BCUT2D eigenvalue weighted by Crippen LogP contribution is -2.30. The summed E-state index contributed by atoms with van der Waals surface area (Å²) in [6, 6.07) is 8.78. The van der Waals surface area contributed by atoms with Gasteiger partial charge in [-0.1, -0.05) is 31.9 Å². The van der Waals surface area contributed by atoms with Gasteiger partial charge in [0.2, 0.25) is 0 Å². The number of likely N-dealkylation sites (tertiary alicyclic amines) is 1. The average molecular weight is 408 g/mol. The van der Waals surface area contributed by atoms with Gasteiger partial charge in [0.15, 0.2) is 0 Å². The Labute approximate surface area is 177 Å². The van der Waals surface area contributed by atoms with Crippen molar-refractivity contribution < 1.29 is 19.1 Å². The largest absolute Gasteiger partial charge is 0.507 e. The van der Waals surface area contributed by atoms with Crippen LogP contribution in [0, 0.1) is 6.92 Å². The first kappa shape index (κ1) is 20.5. The van der Waals surface area contributed by atoms with Crippen LogP contribution in [0.15, 0.2) is 40.3 Å². The summed E-state index contributed by atoms with van der Waals surface area (Å²) in [6.07, 6.45) is 7.12. The van der Waals surface area contributed by atoms with Crippen molar-refractivity contribution in [3.63, 3.8) is 0 Å². The van der Waals surface area contributed by atoms with Gasteiger partial charge in [-0.05, 0) is 68.4 Å². The Hall–Kier alpha value is -2.82. The third-order valence-corrected chi connectivity index (χ3v) is 6.20. The molecule has 0 spiro atoms. The topological polar surface area (TPSA) is 70.8 Å². The SMILES string of the molecule is CCCCCN1C(=O)C(=O)/C(=C(\O)c2ccc3c(c2)CCCC3)C1c1ccc(C)o1. The van der Waals surface area contributed by atoms with Crippen molar-refractivity contribution >= 4 is 17.4 Å². The van der Waals surface area contributed by atoms with E-state index in [4.69, 9.17) is 4.42 Å². The number of aliphatic hydroxyl groups excluding tert-OH is 1. The second-order valence-electron chi connectivity index (χ2n) is 8.34. The highest BCUT2D eigenvalue weighted by atomic mass is 16.3. The maximum absolute atomic E-state index is 13.0. The molecule has 1 aliphatic heterocycles. The van der Waals surface area contributed by atoms with Gasteiger partial charge in [0.25, 0.3) is 11.7 Å². The number of carbonyl (C=O) groups is 2. The molecule has 1 unspecified atom stereocenters. The van der Waals surface area contributed by atoms with Gasteiger partial charge in [-0.2, -0.15) is 0 Å². The molecule has 1 fully saturated rings. The monoisotopic (exact) mass is 407 g/mol. The molecule has 30 heavy (non-hydrogen) atoms. The van der Waals surface area contributed by atoms with Crippen LogP contribution >= 0.6 is 0 Å². The summed E-state index contributed by atoms with van der Waals surface area (Å²) in [4.78, 5) is 27.4. The molecule has 1 N–H and O–H groups in total. The minimum absolute atomic E-state index is 0.112. The first-order chi connectivity index (χ1) is 14.5. The summed E-state index contributed by atoms with van der Waals surface area (Å²) in [5, 5.41) is 11.2. The molecule has 0 saturated carbocycles. The van der Waals surface area contributed by atoms with Gasteiger partial charge in [0.1, 0.15) is 23.3 Å². The summed E-state index contributed by atoms with van der Waals surface area (Å²) in [6.45, 7) is 4.39. The molecule has 1 aromatic carbocycles. The first-order valence-corrected chi connectivity index (χ1v) is 11.0. The lowest BCUT2D eigenvalue weighted by atomic mass is 9.89. The van der Waals surface area contributed by atoms with Crippen LogP contribution < -0.4 is 0 Å². The van der Waals surface area contributed by atoms with Crippen molar-refractivity contribution in [3.8, 4) is 0 Å². The maximum atomic E-state index is 13.0. The van der Waals surface area contributed by atoms with Crippen LogP contribution in [0.1, 0.15) is 73.3 Å². The number of carbonyl (C=O) groups excluding carboxylic acids is 2. The molecule has 2 aromatic rings. The highest BCUT2D eigenvalue weighted by molar-refractivity contribution is 6.46. The van der Waals surface area contributed by atoms with Crippen molar-refractivity contribution in [1.82, 2.24) is 4.90 Å². The fourth-order valence-electron chi connectivity index (χ4n) is 4.58. The second-order valence-corrected chi connectivity index (χ2v) is 8.34. The number of hydrogen-bond donors (Lipinski definition) is 1. The third-order valence-electron chi connectivity index (χ3n) is 6.20. The minimum Gasteiger partial charge on any atom is -0.507 e. The Balaban J connectivity index is 1.78. The van der Waals surface area contributed by atoms with Crippen molar-refractivity contribution in [2.75, 3.05) is 6.54 Å². The molecule has 0 bridgehead atoms. The smallest absolute Gasteiger partial charge is 0.295 e. The van der Waals surface area contributed by atoms with Gasteiger partial charge in [-0.15, -0.1) is 0 Å². The summed E-state index contributed by atoms with van der Waals surface area (Å²) in [5.41, 5.74) is 3.24. The molecule has 1 amide bonds. The van der Waals surface area contributed by atoms with Crippen molar-refractivity contribution in [2.24, 2.45) is 0 Å². The molecule has 1 aromatic heterocycles. The van der Waals surface area contributed by atoms with Gasteiger partial charge < -0.3 is 14.4 Å². The van der Waals surface area contributed by atoms with Crippen molar-refractivity contribution in [3.05, 3.63) is 64.1 Å². The van der Waals surface area contributed by atoms with E-state index in [9.17, 15) is 14.7 Å². The molecule has 4 rings (SSSR count). The standard InChI is InChI=1S/C25H29NO4/c1-3-4-7-14-26-22(20-13-10-16(2)30-20)21(24(28)25(26)29)23(27)19-12-11-17-8-5-6-9-18(17)15-19/h10-13,15,22,27H,3-9,14H2,1-2H3/b23-21-. The van der Waals surface area contributed by atoms with Gasteiger partial charge in [-0.25, -0.2) is 0 Å². The van der Waals surface area contributed by atoms with Crippen LogP contribution in [0.3, 0.4) is 0 Å². The fourth-order valence-corrected chi connectivity index (χ4v) is 4.58. The van der Waals surface area contributed by atoms with Crippen LogP contribution in [0.5, 0.6) is 0 Å². The Morgan fingerprint density at radius 3 is 2.57 bits per heavy atom. The molecule has 5 nitrogen and oxygen atoms in total. The number of Topliss-reactive ketones (excluding diaryl/α,β-unsaturated/α-hetero) is 1. The Kier molecular flexibility index (Phi) is 5.80. The predicted molar refractivity (Wildman–Crippen MR) is 115 cm³/mol. The van der Waals surface area contributed by atoms with E-state index in [0.717, 1.165) is 38.5 Å². The van der Waals surface area contributed by atoms with Crippen LogP contribution in [-0.4, -0.2) is 28.2 Å². The number of furan rings is 1. The van der Waals surface area contributed by atoms with Gasteiger partial charge in [-0.3, -0.25) is 9.59 Å². The molecule has 1 saturated heterocycles. The zero-order valence-electron chi connectivity index (χ0n) is 17.7. The predicted octanol–water partition coefficient (Wildman–Crippen LogP) is 5.08. The molecule has 5 heteroatoms. The fraction of sp³-hybridized carbons (Fsp3) is 0.440. The highest BCUT2D eigenvalue weighted by Gasteiger charge is 2.47. The molecule has 1 atom stereocenters. The van der Waals surface area contributed by atoms with E-state index >= 15 is 0 Å². The van der Waals surface area contributed by atoms with Crippen molar-refractivity contribution in [2.45, 2.75) is 64.8 Å². The Morgan fingerprint density at radius 2 is 1.87 bits per heavy atom. The number of aryl methyl sites for hydroxylation is 3. The van der Waals surface area contributed by atoms with Crippen molar-refractivity contribution in [1.29, 1.82) is 0 Å². The summed E-state index contributed by atoms with van der Waals surface area (Å²) in [5.74, 6) is -0.0927. The zero-order chi connectivity index (χ0) is 21.3. The summed E-state index contributed by atoms with van der Waals surface area (Å²) in [7, 11) is 0. The number of hydrogen-bond acceptors (Lipinski definition) is 4. The normalized spacial score (nSPS) is 20.6. The van der Waals surface area contributed by atoms with Crippen LogP contribution in [0.4, 0.5) is 0 Å². The average Bonchev–Trinajstić information content (AvgIpc) is 3.29. The third kappa shape index (κ3) is 3.69. The van der Waals surface area contributed by atoms with Gasteiger partial charge >= 0.3 is 0 Å². The molecular formula is C25H29NO4. The highest BCUT2D eigenvalue weighted by Crippen LogP contribution is 2.40. The molecule has 2 heterocycles.